The van der Waals surface area contributed by atoms with Crippen LogP contribution in [0.4, 0.5) is 11.4 Å². The molecule has 3 aromatic carbocycles. The Balaban J connectivity index is 1.82. The van der Waals surface area contributed by atoms with Crippen LogP contribution >= 0.6 is 0 Å². The molecule has 4 rings (SSSR count). The van der Waals surface area contributed by atoms with Crippen LogP contribution in [0.3, 0.4) is 0 Å². The summed E-state index contributed by atoms with van der Waals surface area (Å²) >= 11 is 0. The van der Waals surface area contributed by atoms with Gasteiger partial charge in [0.25, 0.3) is 11.8 Å². The molecule has 0 bridgehead atoms. The van der Waals surface area contributed by atoms with Crippen molar-refractivity contribution in [1.82, 2.24) is 0 Å². The van der Waals surface area contributed by atoms with E-state index in [2.05, 4.69) is 5.32 Å². The van der Waals surface area contributed by atoms with Gasteiger partial charge in [0, 0.05) is 5.69 Å². The quantitative estimate of drug-likeness (QED) is 0.457. The van der Waals surface area contributed by atoms with E-state index in [-0.39, 0.29) is 23.6 Å². The van der Waals surface area contributed by atoms with Crippen LogP contribution in [0.2, 0.25) is 0 Å². The van der Waals surface area contributed by atoms with Crippen molar-refractivity contribution in [3.63, 3.8) is 0 Å². The maximum Gasteiger partial charge on any atom is 0.282 e. The van der Waals surface area contributed by atoms with Gasteiger partial charge in [-0.2, -0.15) is 0 Å². The Kier molecular flexibility index (Phi) is 6.29. The van der Waals surface area contributed by atoms with Gasteiger partial charge in [0.15, 0.2) is 0 Å². The minimum absolute atomic E-state index is 0.0429. The summed E-state index contributed by atoms with van der Waals surface area (Å²) in [7, 11) is 0. The second-order valence-corrected chi connectivity index (χ2v) is 9.11. The molecule has 2 amide bonds. The molecule has 0 atom stereocenters. The summed E-state index contributed by atoms with van der Waals surface area (Å²) in [6.07, 6.45) is 0.0429. The largest absolute Gasteiger partial charge is 0.491 e. The van der Waals surface area contributed by atoms with Gasteiger partial charge >= 0.3 is 0 Å². The summed E-state index contributed by atoms with van der Waals surface area (Å²) in [5, 5.41) is 3.29. The fraction of sp³-hybridized carbons (Fsp3) is 0.241. The first-order valence-corrected chi connectivity index (χ1v) is 11.5. The number of carbonyl (C=O) groups excluding carboxylic acids is 2. The fourth-order valence-corrected chi connectivity index (χ4v) is 4.22. The smallest absolute Gasteiger partial charge is 0.282 e. The molecule has 0 radical (unpaired) electrons. The number of hydrogen-bond donors (Lipinski definition) is 1. The molecule has 0 saturated heterocycles. The normalized spacial score (nSPS) is 13.8. The van der Waals surface area contributed by atoms with Crippen molar-refractivity contribution in [3.8, 4) is 5.75 Å². The van der Waals surface area contributed by atoms with Gasteiger partial charge in [0.2, 0.25) is 0 Å². The molecule has 1 heterocycles. The van der Waals surface area contributed by atoms with E-state index in [4.69, 9.17) is 4.74 Å². The predicted molar refractivity (Wildman–Crippen MR) is 137 cm³/mol. The summed E-state index contributed by atoms with van der Waals surface area (Å²) in [5.74, 6) is 0.0000671. The van der Waals surface area contributed by atoms with Crippen LogP contribution in [-0.4, -0.2) is 17.9 Å². The third-order valence-electron chi connectivity index (χ3n) is 5.93. The molecule has 1 aliphatic heterocycles. The van der Waals surface area contributed by atoms with E-state index in [1.54, 1.807) is 0 Å². The minimum Gasteiger partial charge on any atom is -0.491 e. The Morgan fingerprint density at radius 3 is 2.09 bits per heavy atom. The van der Waals surface area contributed by atoms with Crippen molar-refractivity contribution in [3.05, 3.63) is 94.2 Å². The number of ether oxygens (including phenoxy) is 1. The third kappa shape index (κ3) is 4.46. The highest BCUT2D eigenvalue weighted by molar-refractivity contribution is 6.46. The van der Waals surface area contributed by atoms with Crippen molar-refractivity contribution >= 4 is 28.8 Å². The number of imide groups is 1. The highest BCUT2D eigenvalue weighted by Crippen LogP contribution is 2.35. The molecule has 34 heavy (non-hydrogen) atoms. The van der Waals surface area contributed by atoms with E-state index in [1.165, 1.54) is 4.90 Å². The minimum atomic E-state index is -0.367. The molecule has 0 unspecified atom stereocenters. The molecule has 0 saturated carbocycles. The average Bonchev–Trinajstić information content (AvgIpc) is 3.00. The third-order valence-corrected chi connectivity index (χ3v) is 5.93. The Labute approximate surface area is 201 Å². The molecule has 3 aromatic rings. The van der Waals surface area contributed by atoms with Crippen molar-refractivity contribution in [1.29, 1.82) is 0 Å². The number of nitrogens with one attached hydrogen (secondary N) is 1. The van der Waals surface area contributed by atoms with Crippen molar-refractivity contribution < 1.29 is 14.3 Å². The molecule has 0 aromatic heterocycles. The Hall–Kier alpha value is -3.86. The zero-order chi connectivity index (χ0) is 24.6. The van der Waals surface area contributed by atoms with Crippen molar-refractivity contribution in [2.75, 3.05) is 10.2 Å². The molecule has 1 aliphatic rings. The molecule has 5 heteroatoms. The highest BCUT2D eigenvalue weighted by Gasteiger charge is 2.40. The van der Waals surface area contributed by atoms with Crippen LogP contribution in [0.1, 0.15) is 41.7 Å². The predicted octanol–water partition coefficient (Wildman–Crippen LogP) is 6.10. The number of anilines is 2. The second-order valence-electron chi connectivity index (χ2n) is 9.11. The lowest BCUT2D eigenvalue weighted by atomic mass is 10.0. The molecule has 0 aliphatic carbocycles. The van der Waals surface area contributed by atoms with Crippen LogP contribution in [0.15, 0.2) is 66.4 Å². The van der Waals surface area contributed by atoms with E-state index < -0.39 is 0 Å². The molecule has 0 fully saturated rings. The van der Waals surface area contributed by atoms with E-state index in [1.807, 2.05) is 102 Å². The van der Waals surface area contributed by atoms with E-state index in [0.29, 0.717) is 22.6 Å². The summed E-state index contributed by atoms with van der Waals surface area (Å²) in [6, 6.07) is 18.9. The lowest BCUT2D eigenvalue weighted by molar-refractivity contribution is -0.120. The zero-order valence-corrected chi connectivity index (χ0v) is 20.5. The van der Waals surface area contributed by atoms with Crippen LogP contribution in [0, 0.1) is 27.7 Å². The van der Waals surface area contributed by atoms with Gasteiger partial charge in [-0.15, -0.1) is 0 Å². The first-order chi connectivity index (χ1) is 16.2. The maximum absolute atomic E-state index is 13.7. The molecule has 5 nitrogen and oxygen atoms in total. The van der Waals surface area contributed by atoms with E-state index in [9.17, 15) is 9.59 Å². The number of carbonyl (C=O) groups is 2. The maximum atomic E-state index is 13.7. The summed E-state index contributed by atoms with van der Waals surface area (Å²) in [6.45, 7) is 11.9. The van der Waals surface area contributed by atoms with Gasteiger partial charge in [0.1, 0.15) is 11.4 Å². The van der Waals surface area contributed by atoms with Crippen molar-refractivity contribution in [2.24, 2.45) is 0 Å². The van der Waals surface area contributed by atoms with Crippen LogP contribution in [0.25, 0.3) is 5.57 Å². The van der Waals surface area contributed by atoms with E-state index in [0.717, 1.165) is 27.9 Å². The lowest BCUT2D eigenvalue weighted by Gasteiger charge is -2.17. The zero-order valence-electron chi connectivity index (χ0n) is 20.5. The van der Waals surface area contributed by atoms with Gasteiger partial charge in [-0.05, 0) is 99.7 Å². The number of rotatable bonds is 6. The lowest BCUT2D eigenvalue weighted by Crippen LogP contribution is -2.32. The van der Waals surface area contributed by atoms with Gasteiger partial charge in [-0.1, -0.05) is 30.3 Å². The second kappa shape index (κ2) is 9.18. The average molecular weight is 455 g/mol. The topological polar surface area (TPSA) is 58.6 Å². The van der Waals surface area contributed by atoms with Gasteiger partial charge in [-0.25, -0.2) is 4.90 Å². The molecule has 1 N–H and O–H groups in total. The van der Waals surface area contributed by atoms with Crippen LogP contribution < -0.4 is 15.0 Å². The standard InChI is InChI=1S/C29H30N2O3/c1-17(2)34-24-12-10-22(11-13-24)26-27(30-25-9-7-8-20(5)21(25)6)29(33)31(28(26)32)23-15-18(3)14-19(4)16-23/h7-17,30H,1-6H3. The van der Waals surface area contributed by atoms with Crippen LogP contribution in [0.5, 0.6) is 5.75 Å². The number of nitrogens with zero attached hydrogens (tertiary/aromatic N) is 1. The van der Waals surface area contributed by atoms with Crippen molar-refractivity contribution in [2.45, 2.75) is 47.6 Å². The monoisotopic (exact) mass is 454 g/mol. The number of amides is 2. The molecule has 174 valence electrons. The fourth-order valence-electron chi connectivity index (χ4n) is 4.22. The summed E-state index contributed by atoms with van der Waals surface area (Å²) < 4.78 is 5.75. The van der Waals surface area contributed by atoms with E-state index >= 15 is 0 Å². The summed E-state index contributed by atoms with van der Waals surface area (Å²) in [4.78, 5) is 28.7. The van der Waals surface area contributed by atoms with Gasteiger partial charge < -0.3 is 10.1 Å². The number of benzene rings is 3. The number of aryl methyl sites for hydroxylation is 3. The molecular formula is C29H30N2O3. The Bertz CT molecular complexity index is 1280. The first kappa shape index (κ1) is 23.3. The highest BCUT2D eigenvalue weighted by atomic mass is 16.5. The van der Waals surface area contributed by atoms with Gasteiger partial charge in [0.05, 0.1) is 17.4 Å². The molecular weight excluding hydrogens is 424 g/mol. The first-order valence-electron chi connectivity index (χ1n) is 11.5. The van der Waals surface area contributed by atoms with Gasteiger partial charge in [-0.3, -0.25) is 9.59 Å². The number of hydrogen-bond acceptors (Lipinski definition) is 4. The Morgan fingerprint density at radius 2 is 1.47 bits per heavy atom. The molecule has 0 spiro atoms. The van der Waals surface area contributed by atoms with Crippen LogP contribution in [-0.2, 0) is 9.59 Å². The SMILES string of the molecule is Cc1cc(C)cc(N2C(=O)C(Nc3cccc(C)c3C)=C(c3ccc(OC(C)C)cc3)C2=O)c1. The Morgan fingerprint density at radius 1 is 0.824 bits per heavy atom. The summed E-state index contributed by atoms with van der Waals surface area (Å²) in [5.41, 5.74) is 6.76.